The summed E-state index contributed by atoms with van der Waals surface area (Å²) >= 11 is 1.76. The largest absolute Gasteiger partial charge is 0.338 e. The Bertz CT molecular complexity index is 446. The summed E-state index contributed by atoms with van der Waals surface area (Å²) in [4.78, 5) is 20.0. The zero-order valence-electron chi connectivity index (χ0n) is 12.7. The molecule has 2 rings (SSSR count). The first-order valence-corrected chi connectivity index (χ1v) is 8.27. The highest BCUT2D eigenvalue weighted by molar-refractivity contribution is 7.11. The highest BCUT2D eigenvalue weighted by Gasteiger charge is 2.21. The molecule has 4 nitrogen and oxygen atoms in total. The van der Waals surface area contributed by atoms with Gasteiger partial charge in [0.15, 0.2) is 0 Å². The summed E-state index contributed by atoms with van der Waals surface area (Å²) in [5.74, 6) is 0.460. The normalized spacial score (nSPS) is 16.1. The van der Waals surface area contributed by atoms with Crippen LogP contribution in [0.25, 0.3) is 0 Å². The van der Waals surface area contributed by atoms with Gasteiger partial charge < -0.3 is 10.6 Å². The van der Waals surface area contributed by atoms with Gasteiger partial charge in [-0.2, -0.15) is 0 Å². The number of aromatic nitrogens is 1. The Labute approximate surface area is 125 Å². The number of nitrogens with zero attached hydrogens (tertiary/aromatic N) is 2. The second-order valence-electron chi connectivity index (χ2n) is 6.11. The molecule has 1 atom stereocenters. The molecule has 0 bridgehead atoms. The van der Waals surface area contributed by atoms with E-state index in [1.807, 2.05) is 7.05 Å². The minimum Gasteiger partial charge on any atom is -0.338 e. The molecule has 20 heavy (non-hydrogen) atoms. The van der Waals surface area contributed by atoms with Gasteiger partial charge in [0.1, 0.15) is 5.01 Å². The lowest BCUT2D eigenvalue weighted by Crippen LogP contribution is -2.42. The number of likely N-dealkylation sites (N-methyl/N-ethyl adjacent to an activating group) is 1. The van der Waals surface area contributed by atoms with E-state index in [0.29, 0.717) is 12.5 Å². The van der Waals surface area contributed by atoms with Crippen molar-refractivity contribution in [3.05, 3.63) is 15.6 Å². The lowest BCUT2D eigenvalue weighted by molar-refractivity contribution is -0.132. The Balaban J connectivity index is 1.95. The van der Waals surface area contributed by atoms with Gasteiger partial charge in [0.25, 0.3) is 0 Å². The minimum absolute atomic E-state index is 0.0203. The Morgan fingerprint density at radius 3 is 2.75 bits per heavy atom. The summed E-state index contributed by atoms with van der Waals surface area (Å²) in [6.07, 6.45) is 5.48. The van der Waals surface area contributed by atoms with Crippen LogP contribution in [0.4, 0.5) is 0 Å². The maximum Gasteiger partial charge on any atom is 0.239 e. The lowest BCUT2D eigenvalue weighted by atomic mass is 10.0. The van der Waals surface area contributed by atoms with Crippen molar-refractivity contribution in [2.45, 2.75) is 58.5 Å². The lowest BCUT2D eigenvalue weighted by Gasteiger charge is -2.21. The molecule has 5 heteroatoms. The van der Waals surface area contributed by atoms with Crippen LogP contribution in [0.15, 0.2) is 0 Å². The molecule has 112 valence electrons. The van der Waals surface area contributed by atoms with Crippen LogP contribution < -0.4 is 5.73 Å². The summed E-state index contributed by atoms with van der Waals surface area (Å²) < 4.78 is 0. The second kappa shape index (κ2) is 6.68. The van der Waals surface area contributed by atoms with Gasteiger partial charge in [-0.15, -0.1) is 11.3 Å². The van der Waals surface area contributed by atoms with Crippen molar-refractivity contribution in [1.82, 2.24) is 9.88 Å². The molecule has 0 spiro atoms. The standard InChI is InChI=1S/C15H25N3OS/c1-10(2)8-11(16)15(19)18(3)9-14-17-12-6-4-5-7-13(12)20-14/h10-11H,4-9,16H2,1-3H3/t11-/m0/s1. The molecule has 1 aromatic heterocycles. The predicted molar refractivity (Wildman–Crippen MR) is 82.7 cm³/mol. The van der Waals surface area contributed by atoms with E-state index in [2.05, 4.69) is 18.8 Å². The van der Waals surface area contributed by atoms with Crippen LogP contribution in [0.1, 0.15) is 48.7 Å². The number of fused-ring (bicyclic) bond motifs is 1. The maximum atomic E-state index is 12.2. The fourth-order valence-electron chi connectivity index (χ4n) is 2.65. The van der Waals surface area contributed by atoms with Gasteiger partial charge in [-0.1, -0.05) is 13.8 Å². The van der Waals surface area contributed by atoms with Crippen molar-refractivity contribution in [3.8, 4) is 0 Å². The van der Waals surface area contributed by atoms with Crippen LogP contribution >= 0.6 is 11.3 Å². The predicted octanol–water partition coefficient (Wildman–Crippen LogP) is 2.35. The number of nitrogens with two attached hydrogens (primary N) is 1. The van der Waals surface area contributed by atoms with Crippen molar-refractivity contribution in [2.75, 3.05) is 7.05 Å². The molecule has 2 N–H and O–H groups in total. The number of thiazole rings is 1. The van der Waals surface area contributed by atoms with E-state index in [4.69, 9.17) is 5.73 Å². The molecule has 1 amide bonds. The molecule has 1 aromatic rings. The average molecular weight is 295 g/mol. The van der Waals surface area contributed by atoms with Crippen molar-refractivity contribution >= 4 is 17.2 Å². The molecule has 0 fully saturated rings. The number of hydrogen-bond acceptors (Lipinski definition) is 4. The van der Waals surface area contributed by atoms with Crippen molar-refractivity contribution in [1.29, 1.82) is 0 Å². The number of carbonyl (C=O) groups is 1. The van der Waals surface area contributed by atoms with Crippen molar-refractivity contribution in [3.63, 3.8) is 0 Å². The Kier molecular flexibility index (Phi) is 5.16. The Morgan fingerprint density at radius 2 is 2.10 bits per heavy atom. The third-order valence-corrected chi connectivity index (χ3v) is 4.82. The minimum atomic E-state index is -0.394. The topological polar surface area (TPSA) is 59.2 Å². The maximum absolute atomic E-state index is 12.2. The first-order valence-electron chi connectivity index (χ1n) is 7.45. The molecule has 0 unspecified atom stereocenters. The van der Waals surface area contributed by atoms with Gasteiger partial charge in [0.2, 0.25) is 5.91 Å². The Hall–Kier alpha value is -0.940. The summed E-state index contributed by atoms with van der Waals surface area (Å²) in [5, 5.41) is 1.05. The number of amides is 1. The zero-order valence-corrected chi connectivity index (χ0v) is 13.5. The number of carbonyl (C=O) groups excluding carboxylic acids is 1. The number of hydrogen-bond donors (Lipinski definition) is 1. The van der Waals surface area contributed by atoms with E-state index in [1.165, 1.54) is 23.4 Å². The fourth-order valence-corrected chi connectivity index (χ4v) is 3.86. The molecule has 0 aliphatic heterocycles. The molecule has 1 aliphatic rings. The van der Waals surface area contributed by atoms with E-state index in [1.54, 1.807) is 16.2 Å². The fraction of sp³-hybridized carbons (Fsp3) is 0.733. The third-order valence-electron chi connectivity index (χ3n) is 3.68. The van der Waals surface area contributed by atoms with Crippen LogP contribution in [-0.2, 0) is 24.2 Å². The molecule has 0 aromatic carbocycles. The van der Waals surface area contributed by atoms with Gasteiger partial charge in [-0.05, 0) is 38.0 Å². The van der Waals surface area contributed by atoms with Crippen molar-refractivity contribution < 1.29 is 4.79 Å². The average Bonchev–Trinajstić information content (AvgIpc) is 2.78. The summed E-state index contributed by atoms with van der Waals surface area (Å²) in [7, 11) is 1.82. The third kappa shape index (κ3) is 3.79. The van der Waals surface area contributed by atoms with Crippen LogP contribution in [0.3, 0.4) is 0 Å². The first-order chi connectivity index (χ1) is 9.47. The van der Waals surface area contributed by atoms with E-state index in [9.17, 15) is 4.79 Å². The summed E-state index contributed by atoms with van der Waals surface area (Å²) in [6, 6.07) is -0.394. The quantitative estimate of drug-likeness (QED) is 0.907. The smallest absolute Gasteiger partial charge is 0.239 e. The molecular formula is C15H25N3OS. The SMILES string of the molecule is CC(C)C[C@H](N)C(=O)N(C)Cc1nc2c(s1)CCCC2. The van der Waals surface area contributed by atoms with Gasteiger partial charge in [-0.3, -0.25) is 4.79 Å². The van der Waals surface area contributed by atoms with E-state index in [0.717, 1.165) is 24.3 Å². The number of rotatable bonds is 5. The second-order valence-corrected chi connectivity index (χ2v) is 7.28. The molecule has 1 aliphatic carbocycles. The van der Waals surface area contributed by atoms with Gasteiger partial charge >= 0.3 is 0 Å². The van der Waals surface area contributed by atoms with Crippen LogP contribution in [0.5, 0.6) is 0 Å². The first kappa shape index (κ1) is 15.4. The van der Waals surface area contributed by atoms with Crippen molar-refractivity contribution in [2.24, 2.45) is 11.7 Å². The van der Waals surface area contributed by atoms with Gasteiger partial charge in [0.05, 0.1) is 18.3 Å². The molecule has 0 saturated heterocycles. The summed E-state index contributed by atoms with van der Waals surface area (Å²) in [6.45, 7) is 4.76. The molecular weight excluding hydrogens is 270 g/mol. The highest BCUT2D eigenvalue weighted by Crippen LogP contribution is 2.27. The van der Waals surface area contributed by atoms with Gasteiger partial charge in [0, 0.05) is 11.9 Å². The molecule has 0 saturated carbocycles. The summed E-state index contributed by atoms with van der Waals surface area (Å²) in [5.41, 5.74) is 7.22. The van der Waals surface area contributed by atoms with Crippen LogP contribution in [-0.4, -0.2) is 28.9 Å². The molecule has 0 radical (unpaired) electrons. The van der Waals surface area contributed by atoms with E-state index < -0.39 is 6.04 Å². The number of aryl methyl sites for hydroxylation is 2. The molecule has 1 heterocycles. The van der Waals surface area contributed by atoms with Crippen LogP contribution in [0.2, 0.25) is 0 Å². The van der Waals surface area contributed by atoms with E-state index >= 15 is 0 Å². The van der Waals surface area contributed by atoms with Gasteiger partial charge in [-0.25, -0.2) is 4.98 Å². The zero-order chi connectivity index (χ0) is 14.7. The highest BCUT2D eigenvalue weighted by atomic mass is 32.1. The Morgan fingerprint density at radius 1 is 1.40 bits per heavy atom. The monoisotopic (exact) mass is 295 g/mol. The van der Waals surface area contributed by atoms with E-state index in [-0.39, 0.29) is 5.91 Å². The van der Waals surface area contributed by atoms with Crippen LogP contribution in [0, 0.1) is 5.92 Å².